The molecule has 0 heterocycles. The maximum atomic E-state index is 13.7. The molecule has 5 nitrogen and oxygen atoms in total. The molecule has 3 amide bonds. The summed E-state index contributed by atoms with van der Waals surface area (Å²) in [6, 6.07) is 12.6. The van der Waals surface area contributed by atoms with Gasteiger partial charge in [-0.1, -0.05) is 43.3 Å². The van der Waals surface area contributed by atoms with Crippen molar-refractivity contribution in [3.63, 3.8) is 0 Å². The number of rotatable bonds is 6. The number of urea groups is 1. The van der Waals surface area contributed by atoms with E-state index >= 15 is 0 Å². The summed E-state index contributed by atoms with van der Waals surface area (Å²) < 4.78 is 13.7. The number of hydrogen-bond donors (Lipinski definition) is 3. The third kappa shape index (κ3) is 5.13. The van der Waals surface area contributed by atoms with E-state index in [1.807, 2.05) is 24.3 Å². The molecule has 2 aromatic rings. The van der Waals surface area contributed by atoms with Gasteiger partial charge in [-0.25, -0.2) is 9.18 Å². The molecular formula is C20H24FN3O2. The van der Waals surface area contributed by atoms with Crippen molar-refractivity contribution in [1.82, 2.24) is 16.0 Å². The predicted molar refractivity (Wildman–Crippen MR) is 99.3 cm³/mol. The van der Waals surface area contributed by atoms with Crippen LogP contribution in [0.25, 0.3) is 0 Å². The zero-order valence-electron chi connectivity index (χ0n) is 15.2. The number of carbonyl (C=O) groups excluding carboxylic acids is 2. The Morgan fingerprint density at radius 1 is 1.08 bits per heavy atom. The van der Waals surface area contributed by atoms with Crippen LogP contribution in [-0.4, -0.2) is 25.0 Å². The maximum Gasteiger partial charge on any atom is 0.321 e. The number of amides is 3. The van der Waals surface area contributed by atoms with Gasteiger partial charge in [0.1, 0.15) is 5.82 Å². The van der Waals surface area contributed by atoms with Gasteiger partial charge < -0.3 is 5.32 Å². The van der Waals surface area contributed by atoms with Gasteiger partial charge in [-0.15, -0.1) is 0 Å². The minimum Gasteiger partial charge on any atom is -0.341 e. The molecule has 0 spiro atoms. The standard InChI is InChI=1S/C20H24FN3O2/c1-4-14-8-10-15(11-9-14)18(16-6-5-7-17(21)12-16)23-13(2)19(25)24-20(26)22-3/h5-13,18,23H,4H2,1-3H3,(H2,22,24,25,26)/t13-,18-/m1/s1. The Balaban J connectivity index is 2.28. The highest BCUT2D eigenvalue weighted by molar-refractivity contribution is 5.96. The van der Waals surface area contributed by atoms with Crippen molar-refractivity contribution in [2.75, 3.05) is 7.05 Å². The first kappa shape index (κ1) is 19.6. The SMILES string of the molecule is CCc1ccc([C@@H](N[C@H](C)C(=O)NC(=O)NC)c2cccc(F)c2)cc1. The Hall–Kier alpha value is -2.73. The third-order valence-electron chi connectivity index (χ3n) is 4.18. The minimum absolute atomic E-state index is 0.345. The molecule has 2 rings (SSSR count). The molecule has 0 saturated carbocycles. The van der Waals surface area contributed by atoms with Crippen molar-refractivity contribution < 1.29 is 14.0 Å². The van der Waals surface area contributed by atoms with E-state index in [1.54, 1.807) is 19.1 Å². The molecule has 26 heavy (non-hydrogen) atoms. The van der Waals surface area contributed by atoms with Gasteiger partial charge in [0.25, 0.3) is 0 Å². The van der Waals surface area contributed by atoms with E-state index in [0.29, 0.717) is 5.56 Å². The molecule has 6 heteroatoms. The van der Waals surface area contributed by atoms with E-state index in [1.165, 1.54) is 24.7 Å². The Morgan fingerprint density at radius 3 is 2.35 bits per heavy atom. The lowest BCUT2D eigenvalue weighted by atomic mass is 9.96. The Kier molecular flexibility index (Phi) is 6.86. The second-order valence-corrected chi connectivity index (χ2v) is 6.04. The molecule has 2 aromatic carbocycles. The highest BCUT2D eigenvalue weighted by Gasteiger charge is 2.22. The lowest BCUT2D eigenvalue weighted by molar-refractivity contribution is -0.121. The van der Waals surface area contributed by atoms with Crippen molar-refractivity contribution in [2.24, 2.45) is 0 Å². The molecule has 0 aliphatic heterocycles. The van der Waals surface area contributed by atoms with Crippen molar-refractivity contribution in [3.8, 4) is 0 Å². The van der Waals surface area contributed by atoms with Crippen LogP contribution >= 0.6 is 0 Å². The van der Waals surface area contributed by atoms with Gasteiger partial charge in [-0.05, 0) is 42.2 Å². The van der Waals surface area contributed by atoms with Crippen LogP contribution in [0.3, 0.4) is 0 Å². The molecule has 0 aromatic heterocycles. The highest BCUT2D eigenvalue weighted by Crippen LogP contribution is 2.24. The number of aryl methyl sites for hydroxylation is 1. The van der Waals surface area contributed by atoms with E-state index in [4.69, 9.17) is 0 Å². The number of carbonyl (C=O) groups is 2. The zero-order chi connectivity index (χ0) is 19.1. The van der Waals surface area contributed by atoms with Gasteiger partial charge in [0.2, 0.25) is 5.91 Å². The summed E-state index contributed by atoms with van der Waals surface area (Å²) in [7, 11) is 1.44. The van der Waals surface area contributed by atoms with Crippen LogP contribution in [0.1, 0.15) is 36.6 Å². The maximum absolute atomic E-state index is 13.7. The lowest BCUT2D eigenvalue weighted by Crippen LogP contribution is -2.48. The van der Waals surface area contributed by atoms with Gasteiger partial charge in [-0.3, -0.25) is 15.4 Å². The minimum atomic E-state index is -0.661. The van der Waals surface area contributed by atoms with Crippen LogP contribution in [-0.2, 0) is 11.2 Å². The van der Waals surface area contributed by atoms with Gasteiger partial charge >= 0.3 is 6.03 Å². The number of nitrogens with one attached hydrogen (secondary N) is 3. The van der Waals surface area contributed by atoms with Crippen LogP contribution in [0.2, 0.25) is 0 Å². The monoisotopic (exact) mass is 357 g/mol. The Morgan fingerprint density at radius 2 is 1.77 bits per heavy atom. The van der Waals surface area contributed by atoms with Gasteiger partial charge in [-0.2, -0.15) is 0 Å². The molecule has 0 saturated heterocycles. The largest absolute Gasteiger partial charge is 0.341 e. The van der Waals surface area contributed by atoms with E-state index < -0.39 is 18.0 Å². The number of benzene rings is 2. The first-order valence-electron chi connectivity index (χ1n) is 8.57. The van der Waals surface area contributed by atoms with Crippen LogP contribution in [0, 0.1) is 5.82 Å². The van der Waals surface area contributed by atoms with Crippen molar-refractivity contribution in [2.45, 2.75) is 32.4 Å². The molecule has 0 radical (unpaired) electrons. The van der Waals surface area contributed by atoms with Crippen LogP contribution < -0.4 is 16.0 Å². The predicted octanol–water partition coefficient (Wildman–Crippen LogP) is 2.91. The molecule has 0 fully saturated rings. The first-order chi connectivity index (χ1) is 12.4. The smallest absolute Gasteiger partial charge is 0.321 e. The van der Waals surface area contributed by atoms with Crippen molar-refractivity contribution in [3.05, 3.63) is 71.0 Å². The number of hydrogen-bond acceptors (Lipinski definition) is 3. The lowest BCUT2D eigenvalue weighted by Gasteiger charge is -2.24. The van der Waals surface area contributed by atoms with Gasteiger partial charge in [0.15, 0.2) is 0 Å². The topological polar surface area (TPSA) is 70.2 Å². The summed E-state index contributed by atoms with van der Waals surface area (Å²) in [4.78, 5) is 23.5. The quantitative estimate of drug-likeness (QED) is 0.744. The highest BCUT2D eigenvalue weighted by atomic mass is 19.1. The van der Waals surface area contributed by atoms with E-state index in [9.17, 15) is 14.0 Å². The average Bonchev–Trinajstić information content (AvgIpc) is 2.65. The molecule has 138 valence electrons. The number of imide groups is 1. The van der Waals surface area contributed by atoms with Crippen LogP contribution in [0.15, 0.2) is 48.5 Å². The molecule has 0 aliphatic carbocycles. The summed E-state index contributed by atoms with van der Waals surface area (Å²) in [5.41, 5.74) is 2.80. The fourth-order valence-corrected chi connectivity index (χ4v) is 2.63. The molecule has 0 unspecified atom stereocenters. The third-order valence-corrected chi connectivity index (χ3v) is 4.18. The summed E-state index contributed by atoms with van der Waals surface area (Å²) in [5.74, 6) is -0.808. The summed E-state index contributed by atoms with van der Waals surface area (Å²) in [6.07, 6.45) is 0.920. The molecule has 2 atom stereocenters. The first-order valence-corrected chi connectivity index (χ1v) is 8.57. The fraction of sp³-hybridized carbons (Fsp3) is 0.300. The summed E-state index contributed by atoms with van der Waals surface area (Å²) in [6.45, 7) is 3.73. The average molecular weight is 357 g/mol. The van der Waals surface area contributed by atoms with Crippen LogP contribution in [0.5, 0.6) is 0 Å². The molecule has 0 aliphatic rings. The van der Waals surface area contributed by atoms with Gasteiger partial charge in [0, 0.05) is 7.05 Å². The normalized spacial score (nSPS) is 12.9. The Labute approximate surface area is 153 Å². The second kappa shape index (κ2) is 9.10. The van der Waals surface area contributed by atoms with Gasteiger partial charge in [0.05, 0.1) is 12.1 Å². The molecular weight excluding hydrogens is 333 g/mol. The van der Waals surface area contributed by atoms with E-state index in [-0.39, 0.29) is 11.9 Å². The second-order valence-electron chi connectivity index (χ2n) is 6.04. The van der Waals surface area contributed by atoms with E-state index in [0.717, 1.165) is 12.0 Å². The van der Waals surface area contributed by atoms with E-state index in [2.05, 4.69) is 22.9 Å². The summed E-state index contributed by atoms with van der Waals surface area (Å²) >= 11 is 0. The number of halogens is 1. The Bertz CT molecular complexity index is 762. The summed E-state index contributed by atoms with van der Waals surface area (Å²) in [5, 5.41) is 7.77. The molecule has 0 bridgehead atoms. The zero-order valence-corrected chi connectivity index (χ0v) is 15.2. The fourth-order valence-electron chi connectivity index (χ4n) is 2.63. The van der Waals surface area contributed by atoms with Crippen molar-refractivity contribution in [1.29, 1.82) is 0 Å². The molecule has 3 N–H and O–H groups in total. The van der Waals surface area contributed by atoms with Crippen LogP contribution in [0.4, 0.5) is 9.18 Å². The van der Waals surface area contributed by atoms with Crippen molar-refractivity contribution >= 4 is 11.9 Å².